The lowest BCUT2D eigenvalue weighted by molar-refractivity contribution is 0.0777. The predicted octanol–water partition coefficient (Wildman–Crippen LogP) is 1.96. The number of hydrogen-bond donors (Lipinski definition) is 1. The highest BCUT2D eigenvalue weighted by molar-refractivity contribution is 5.94. The Kier molecular flexibility index (Phi) is 3.41. The van der Waals surface area contributed by atoms with E-state index in [4.69, 9.17) is 5.73 Å². The van der Waals surface area contributed by atoms with Crippen molar-refractivity contribution < 1.29 is 4.79 Å². The van der Waals surface area contributed by atoms with Crippen LogP contribution in [0.3, 0.4) is 0 Å². The number of rotatable bonds is 3. The van der Waals surface area contributed by atoms with Gasteiger partial charge in [0.25, 0.3) is 5.91 Å². The minimum absolute atomic E-state index is 0.125. The minimum atomic E-state index is 0.125. The van der Waals surface area contributed by atoms with E-state index in [0.717, 1.165) is 38.2 Å². The highest BCUT2D eigenvalue weighted by Gasteiger charge is 2.26. The fourth-order valence-corrected chi connectivity index (χ4v) is 2.42. The molecule has 4 heteroatoms. The number of nitrogens with two attached hydrogens (primary N) is 1. The van der Waals surface area contributed by atoms with Gasteiger partial charge in [0.1, 0.15) is 5.69 Å². The molecule has 94 valence electrons. The molecule has 17 heavy (non-hydrogen) atoms. The van der Waals surface area contributed by atoms with Crippen LogP contribution >= 0.6 is 0 Å². The van der Waals surface area contributed by atoms with Crippen LogP contribution in [0.15, 0.2) is 12.3 Å². The number of nitrogens with zero attached hydrogens (tertiary/aromatic N) is 2. The van der Waals surface area contributed by atoms with Gasteiger partial charge in [0.05, 0.1) is 5.69 Å². The fraction of sp³-hybridized carbons (Fsp3) is 0.615. The number of anilines is 1. The normalized spacial score (nSPS) is 19.9. The molecule has 2 rings (SSSR count). The van der Waals surface area contributed by atoms with Crippen LogP contribution in [-0.2, 0) is 6.54 Å². The van der Waals surface area contributed by atoms with E-state index in [-0.39, 0.29) is 5.91 Å². The Morgan fingerprint density at radius 2 is 2.35 bits per heavy atom. The van der Waals surface area contributed by atoms with Gasteiger partial charge in [0, 0.05) is 25.8 Å². The number of carbonyl (C=O) groups excluding carboxylic acids is 1. The Bertz CT molecular complexity index is 411. The average Bonchev–Trinajstić information content (AvgIpc) is 2.85. The number of carbonyl (C=O) groups is 1. The number of amides is 1. The van der Waals surface area contributed by atoms with Gasteiger partial charge in [-0.2, -0.15) is 0 Å². The zero-order valence-electron chi connectivity index (χ0n) is 10.6. The highest BCUT2D eigenvalue weighted by atomic mass is 16.2. The molecule has 1 aliphatic heterocycles. The molecule has 0 bridgehead atoms. The molecule has 1 amide bonds. The molecule has 0 aliphatic carbocycles. The third kappa shape index (κ3) is 2.46. The first-order valence-corrected chi connectivity index (χ1v) is 6.36. The molecule has 0 radical (unpaired) electrons. The summed E-state index contributed by atoms with van der Waals surface area (Å²) in [7, 11) is 0. The number of hydrogen-bond acceptors (Lipinski definition) is 2. The van der Waals surface area contributed by atoms with Gasteiger partial charge in [-0.25, -0.2) is 0 Å². The summed E-state index contributed by atoms with van der Waals surface area (Å²) in [5.41, 5.74) is 7.19. The monoisotopic (exact) mass is 235 g/mol. The predicted molar refractivity (Wildman–Crippen MR) is 68.8 cm³/mol. The van der Waals surface area contributed by atoms with Crippen LogP contribution in [-0.4, -0.2) is 28.5 Å². The Labute approximate surface area is 102 Å². The number of aryl methyl sites for hydroxylation is 1. The summed E-state index contributed by atoms with van der Waals surface area (Å²) in [6, 6.07) is 1.79. The standard InChI is InChI=1S/C13H21N3O/c1-3-5-15-9-11(14)7-12(15)13(17)16-6-4-10(2)8-16/h7,9-10H,3-6,8,14H2,1-2H3. The summed E-state index contributed by atoms with van der Waals surface area (Å²) in [6.07, 6.45) is 3.97. The summed E-state index contributed by atoms with van der Waals surface area (Å²) in [5.74, 6) is 0.741. The zero-order chi connectivity index (χ0) is 12.4. The number of nitrogen functional groups attached to an aromatic ring is 1. The third-order valence-electron chi connectivity index (χ3n) is 3.31. The van der Waals surface area contributed by atoms with Gasteiger partial charge >= 0.3 is 0 Å². The average molecular weight is 235 g/mol. The Morgan fingerprint density at radius 3 is 2.94 bits per heavy atom. The van der Waals surface area contributed by atoms with Crippen molar-refractivity contribution in [2.45, 2.75) is 33.2 Å². The largest absolute Gasteiger partial charge is 0.397 e. The minimum Gasteiger partial charge on any atom is -0.397 e. The number of likely N-dealkylation sites (tertiary alicyclic amines) is 1. The lowest BCUT2D eigenvalue weighted by atomic mass is 10.2. The first-order valence-electron chi connectivity index (χ1n) is 6.36. The van der Waals surface area contributed by atoms with Crippen LogP contribution in [0.2, 0.25) is 0 Å². The number of aromatic nitrogens is 1. The smallest absolute Gasteiger partial charge is 0.270 e. The van der Waals surface area contributed by atoms with Crippen LogP contribution in [0.5, 0.6) is 0 Å². The molecule has 1 aromatic rings. The molecule has 1 atom stereocenters. The van der Waals surface area contributed by atoms with Crippen molar-refractivity contribution in [3.05, 3.63) is 18.0 Å². The third-order valence-corrected chi connectivity index (χ3v) is 3.31. The Hall–Kier alpha value is -1.45. The van der Waals surface area contributed by atoms with Crippen LogP contribution < -0.4 is 5.73 Å². The van der Waals surface area contributed by atoms with Crippen molar-refractivity contribution in [1.82, 2.24) is 9.47 Å². The molecule has 1 fully saturated rings. The van der Waals surface area contributed by atoms with Crippen LogP contribution in [0.4, 0.5) is 5.69 Å². The van der Waals surface area contributed by atoms with Gasteiger partial charge in [0.2, 0.25) is 0 Å². The van der Waals surface area contributed by atoms with Crippen molar-refractivity contribution >= 4 is 11.6 Å². The van der Waals surface area contributed by atoms with Gasteiger partial charge in [-0.3, -0.25) is 4.79 Å². The van der Waals surface area contributed by atoms with Crippen LogP contribution in [0, 0.1) is 5.92 Å². The van der Waals surface area contributed by atoms with Crippen molar-refractivity contribution in [2.75, 3.05) is 18.8 Å². The maximum atomic E-state index is 12.4. The summed E-state index contributed by atoms with van der Waals surface area (Å²) in [4.78, 5) is 14.3. The second-order valence-corrected chi connectivity index (χ2v) is 5.00. The summed E-state index contributed by atoms with van der Waals surface area (Å²) in [5, 5.41) is 0. The quantitative estimate of drug-likeness (QED) is 0.870. The summed E-state index contributed by atoms with van der Waals surface area (Å²) in [6.45, 7) is 6.88. The SMILES string of the molecule is CCCn1cc(N)cc1C(=O)N1CCC(C)C1. The zero-order valence-corrected chi connectivity index (χ0v) is 10.6. The van der Waals surface area contributed by atoms with E-state index in [2.05, 4.69) is 13.8 Å². The molecule has 0 aromatic carbocycles. The second-order valence-electron chi connectivity index (χ2n) is 5.00. The lowest BCUT2D eigenvalue weighted by Crippen LogP contribution is -2.30. The molecule has 0 saturated carbocycles. The maximum Gasteiger partial charge on any atom is 0.270 e. The van der Waals surface area contributed by atoms with E-state index >= 15 is 0 Å². The molecule has 1 saturated heterocycles. The van der Waals surface area contributed by atoms with Crippen LogP contribution in [0.1, 0.15) is 37.2 Å². The lowest BCUT2D eigenvalue weighted by Gasteiger charge is -2.17. The van der Waals surface area contributed by atoms with E-state index in [1.807, 2.05) is 15.7 Å². The van der Waals surface area contributed by atoms with E-state index in [9.17, 15) is 4.79 Å². The van der Waals surface area contributed by atoms with Gasteiger partial charge < -0.3 is 15.2 Å². The van der Waals surface area contributed by atoms with E-state index in [0.29, 0.717) is 11.6 Å². The molecule has 1 aliphatic rings. The summed E-state index contributed by atoms with van der Waals surface area (Å²) < 4.78 is 1.97. The molecular weight excluding hydrogens is 214 g/mol. The second kappa shape index (κ2) is 4.82. The van der Waals surface area contributed by atoms with E-state index in [1.165, 1.54) is 0 Å². The molecule has 1 aromatic heterocycles. The molecule has 1 unspecified atom stereocenters. The van der Waals surface area contributed by atoms with Gasteiger partial charge in [-0.15, -0.1) is 0 Å². The van der Waals surface area contributed by atoms with E-state index in [1.54, 1.807) is 6.07 Å². The van der Waals surface area contributed by atoms with Crippen molar-refractivity contribution in [3.8, 4) is 0 Å². The van der Waals surface area contributed by atoms with Gasteiger partial charge in [-0.1, -0.05) is 13.8 Å². The Morgan fingerprint density at radius 1 is 1.59 bits per heavy atom. The van der Waals surface area contributed by atoms with Crippen LogP contribution in [0.25, 0.3) is 0 Å². The molecule has 0 spiro atoms. The fourth-order valence-electron chi connectivity index (χ4n) is 2.42. The topological polar surface area (TPSA) is 51.3 Å². The van der Waals surface area contributed by atoms with Crippen molar-refractivity contribution in [2.24, 2.45) is 5.92 Å². The molecule has 2 N–H and O–H groups in total. The van der Waals surface area contributed by atoms with E-state index < -0.39 is 0 Å². The highest BCUT2D eigenvalue weighted by Crippen LogP contribution is 2.20. The van der Waals surface area contributed by atoms with Gasteiger partial charge in [0.15, 0.2) is 0 Å². The maximum absolute atomic E-state index is 12.4. The van der Waals surface area contributed by atoms with Crippen molar-refractivity contribution in [3.63, 3.8) is 0 Å². The summed E-state index contributed by atoms with van der Waals surface area (Å²) >= 11 is 0. The molecule has 4 nitrogen and oxygen atoms in total. The molecule has 2 heterocycles. The Balaban J connectivity index is 2.18. The first kappa shape index (κ1) is 12.0. The molecular formula is C13H21N3O. The van der Waals surface area contributed by atoms with Gasteiger partial charge in [-0.05, 0) is 24.8 Å². The first-order chi connectivity index (χ1) is 8.11. The van der Waals surface area contributed by atoms with Crippen molar-refractivity contribution in [1.29, 1.82) is 0 Å².